The van der Waals surface area contributed by atoms with Gasteiger partial charge in [-0.15, -0.1) is 11.6 Å². The van der Waals surface area contributed by atoms with E-state index in [1.807, 2.05) is 19.0 Å². The molecule has 0 amide bonds. The van der Waals surface area contributed by atoms with Crippen LogP contribution in [0.25, 0.3) is 0 Å². The van der Waals surface area contributed by atoms with Crippen molar-refractivity contribution in [2.75, 3.05) is 40.2 Å². The van der Waals surface area contributed by atoms with Gasteiger partial charge >= 0.3 is 11.9 Å². The topological polar surface area (TPSA) is 55.8 Å². The molecule has 0 radical (unpaired) electrons. The molecule has 0 aromatic rings. The number of halogens is 1. The van der Waals surface area contributed by atoms with E-state index in [1.54, 1.807) is 13.8 Å². The van der Waals surface area contributed by atoms with Crippen LogP contribution in [0, 0.1) is 0 Å². The second-order valence-electron chi connectivity index (χ2n) is 7.82. The number of ether oxygens (including phenoxy) is 2. The van der Waals surface area contributed by atoms with Crippen LogP contribution in [0.3, 0.4) is 0 Å². The number of likely N-dealkylation sites (N-methyl/N-ethyl adjacent to an activating group) is 1. The fourth-order valence-corrected chi connectivity index (χ4v) is 2.32. The average Bonchev–Trinajstić information content (AvgIpc) is 2.73. The summed E-state index contributed by atoms with van der Waals surface area (Å²) in [7, 11) is 3.85. The van der Waals surface area contributed by atoms with Gasteiger partial charge in [-0.1, -0.05) is 77.9 Å². The molecule has 0 rings (SSSR count). The van der Waals surface area contributed by atoms with Crippen molar-refractivity contribution in [2.45, 2.75) is 85.0 Å². The highest BCUT2D eigenvalue weighted by molar-refractivity contribution is 6.15. The molecular formula is C25H48ClNO4. The van der Waals surface area contributed by atoms with Gasteiger partial charge in [-0.25, -0.2) is 9.59 Å². The number of hydrogen-bond donors (Lipinski definition) is 0. The first-order chi connectivity index (χ1) is 14.7. The molecule has 0 aliphatic carbocycles. The van der Waals surface area contributed by atoms with E-state index >= 15 is 0 Å². The Morgan fingerprint density at radius 1 is 0.710 bits per heavy atom. The first-order valence-electron chi connectivity index (χ1n) is 11.4. The molecule has 0 unspecified atom stereocenters. The van der Waals surface area contributed by atoms with Crippen molar-refractivity contribution in [2.24, 2.45) is 0 Å². The van der Waals surface area contributed by atoms with E-state index in [-0.39, 0.29) is 11.9 Å². The summed E-state index contributed by atoms with van der Waals surface area (Å²) in [6.07, 6.45) is 14.4. The van der Waals surface area contributed by atoms with Gasteiger partial charge in [0.25, 0.3) is 0 Å². The summed E-state index contributed by atoms with van der Waals surface area (Å²) in [6.45, 7) is 14.3. The van der Waals surface area contributed by atoms with Gasteiger partial charge in [0.05, 0.1) is 6.61 Å². The van der Waals surface area contributed by atoms with Crippen LogP contribution in [-0.2, 0) is 19.1 Å². The second kappa shape index (κ2) is 26.7. The molecule has 31 heavy (non-hydrogen) atoms. The Labute approximate surface area is 197 Å². The highest BCUT2D eigenvalue weighted by atomic mass is 35.5. The van der Waals surface area contributed by atoms with Crippen LogP contribution in [0.1, 0.15) is 85.0 Å². The summed E-state index contributed by atoms with van der Waals surface area (Å²) in [5, 5.41) is 0. The fraction of sp³-hybridized carbons (Fsp3) is 0.760. The summed E-state index contributed by atoms with van der Waals surface area (Å²) < 4.78 is 9.87. The molecule has 6 heteroatoms. The maximum Gasteiger partial charge on any atom is 0.333 e. The molecule has 0 saturated heterocycles. The van der Waals surface area contributed by atoms with E-state index in [0.29, 0.717) is 24.4 Å². The van der Waals surface area contributed by atoms with Gasteiger partial charge in [0.1, 0.15) is 6.61 Å². The van der Waals surface area contributed by atoms with Crippen LogP contribution in [-0.4, -0.2) is 57.1 Å². The van der Waals surface area contributed by atoms with Gasteiger partial charge in [0.15, 0.2) is 0 Å². The van der Waals surface area contributed by atoms with Crippen LogP contribution in [0.4, 0.5) is 0 Å². The van der Waals surface area contributed by atoms with E-state index in [2.05, 4.69) is 31.7 Å². The fourth-order valence-electron chi connectivity index (χ4n) is 2.32. The van der Waals surface area contributed by atoms with Gasteiger partial charge < -0.3 is 14.4 Å². The molecule has 184 valence electrons. The minimum absolute atomic E-state index is 0.258. The minimum Gasteiger partial charge on any atom is -0.462 e. The van der Waals surface area contributed by atoms with E-state index < -0.39 is 0 Å². The van der Waals surface area contributed by atoms with Crippen molar-refractivity contribution in [1.29, 1.82) is 0 Å². The molecule has 0 aliphatic heterocycles. The molecule has 0 N–H and O–H groups in total. The third-order valence-corrected chi connectivity index (χ3v) is 4.20. The lowest BCUT2D eigenvalue weighted by Crippen LogP contribution is -2.20. The van der Waals surface area contributed by atoms with Crippen LogP contribution in [0.15, 0.2) is 24.3 Å². The maximum absolute atomic E-state index is 11.1. The SMILES string of the molecule is C=C(C)C(=O)OCCCCCCCCCCCC.C=C(C)C(=O)OCCN(C)C.CCl. The lowest BCUT2D eigenvalue weighted by Gasteiger charge is -2.09. The second-order valence-corrected chi connectivity index (χ2v) is 7.82. The normalized spacial score (nSPS) is 9.68. The van der Waals surface area contributed by atoms with Crippen molar-refractivity contribution in [3.05, 3.63) is 24.3 Å². The van der Waals surface area contributed by atoms with Crippen LogP contribution >= 0.6 is 11.6 Å². The Bertz CT molecular complexity index is 464. The third kappa shape index (κ3) is 30.9. The van der Waals surface area contributed by atoms with Crippen molar-refractivity contribution in [3.8, 4) is 0 Å². The summed E-state index contributed by atoms with van der Waals surface area (Å²) in [5.74, 6) is -0.572. The molecule has 0 aliphatic rings. The molecule has 0 aromatic heterocycles. The summed E-state index contributed by atoms with van der Waals surface area (Å²) in [4.78, 5) is 23.8. The molecule has 0 bridgehead atoms. The van der Waals surface area contributed by atoms with Gasteiger partial charge in [-0.2, -0.15) is 0 Å². The number of rotatable bonds is 16. The Morgan fingerprint density at radius 3 is 1.42 bits per heavy atom. The van der Waals surface area contributed by atoms with E-state index in [1.165, 1.54) is 64.2 Å². The standard InChI is InChI=1S/C16H30O2.C8H15NO2.CH3Cl/c1-4-5-6-7-8-9-10-11-12-13-14-18-16(17)15(2)3;1-7(2)8(10)11-6-5-9(3)4;1-2/h2,4-14H2,1,3H3;1,5-6H2,2-4H3;1H3. The van der Waals surface area contributed by atoms with Crippen molar-refractivity contribution >= 4 is 23.5 Å². The molecule has 0 fully saturated rings. The van der Waals surface area contributed by atoms with Crippen molar-refractivity contribution in [1.82, 2.24) is 4.90 Å². The first kappa shape index (κ1) is 34.3. The van der Waals surface area contributed by atoms with Crippen LogP contribution in [0.2, 0.25) is 0 Å². The van der Waals surface area contributed by atoms with Crippen molar-refractivity contribution < 1.29 is 19.1 Å². The number of esters is 2. The molecular weight excluding hydrogens is 414 g/mol. The molecule has 0 aromatic carbocycles. The van der Waals surface area contributed by atoms with Gasteiger partial charge in [0, 0.05) is 24.1 Å². The third-order valence-electron chi connectivity index (χ3n) is 4.20. The Morgan fingerprint density at radius 2 is 1.06 bits per heavy atom. The lowest BCUT2D eigenvalue weighted by atomic mass is 10.1. The summed E-state index contributed by atoms with van der Waals surface area (Å²) in [5.41, 5.74) is 0.936. The highest BCUT2D eigenvalue weighted by Crippen LogP contribution is 2.10. The zero-order valence-electron chi connectivity index (χ0n) is 21.1. The smallest absolute Gasteiger partial charge is 0.333 e. The molecule has 0 spiro atoms. The van der Waals surface area contributed by atoms with E-state index in [9.17, 15) is 9.59 Å². The predicted octanol–water partition coefficient (Wildman–Crippen LogP) is 6.55. The quantitative estimate of drug-likeness (QED) is 0.113. The monoisotopic (exact) mass is 461 g/mol. The predicted molar refractivity (Wildman–Crippen MR) is 134 cm³/mol. The Kier molecular flexibility index (Phi) is 29.5. The number of carbonyl (C=O) groups is 2. The number of unbranched alkanes of at least 4 members (excludes halogenated alkanes) is 9. The number of hydrogen-bond acceptors (Lipinski definition) is 5. The highest BCUT2D eigenvalue weighted by Gasteiger charge is 2.02. The molecule has 5 nitrogen and oxygen atoms in total. The lowest BCUT2D eigenvalue weighted by molar-refractivity contribution is -0.140. The number of nitrogens with zero attached hydrogens (tertiary/aromatic N) is 1. The van der Waals surface area contributed by atoms with E-state index in [4.69, 9.17) is 9.47 Å². The van der Waals surface area contributed by atoms with E-state index in [0.717, 1.165) is 13.0 Å². The Hall–Kier alpha value is -1.33. The zero-order chi connectivity index (χ0) is 24.5. The van der Waals surface area contributed by atoms with Crippen LogP contribution in [0.5, 0.6) is 0 Å². The van der Waals surface area contributed by atoms with Gasteiger partial charge in [0.2, 0.25) is 0 Å². The van der Waals surface area contributed by atoms with Gasteiger partial charge in [-0.3, -0.25) is 0 Å². The summed E-state index contributed by atoms with van der Waals surface area (Å²) >= 11 is 4.64. The molecule has 0 atom stereocenters. The first-order valence-corrected chi connectivity index (χ1v) is 12.2. The zero-order valence-corrected chi connectivity index (χ0v) is 21.8. The number of alkyl halides is 1. The minimum atomic E-state index is -0.313. The Balaban J connectivity index is -0.000000516. The molecule has 0 saturated carbocycles. The van der Waals surface area contributed by atoms with Crippen molar-refractivity contribution in [3.63, 3.8) is 0 Å². The number of carbonyl (C=O) groups excluding carboxylic acids is 2. The molecule has 0 heterocycles. The largest absolute Gasteiger partial charge is 0.462 e. The van der Waals surface area contributed by atoms with Crippen LogP contribution < -0.4 is 0 Å². The summed E-state index contributed by atoms with van der Waals surface area (Å²) in [6, 6.07) is 0. The maximum atomic E-state index is 11.1. The van der Waals surface area contributed by atoms with Gasteiger partial charge in [-0.05, 0) is 34.4 Å². The average molecular weight is 462 g/mol.